The van der Waals surface area contributed by atoms with Crippen LogP contribution in [0.5, 0.6) is 0 Å². The first-order valence-corrected chi connectivity index (χ1v) is 6.86. The molecule has 0 unspecified atom stereocenters. The molecule has 1 saturated heterocycles. The summed E-state index contributed by atoms with van der Waals surface area (Å²) in [5.74, 6) is 0.826. The van der Waals surface area contributed by atoms with Crippen LogP contribution in [0.4, 0.5) is 5.82 Å². The van der Waals surface area contributed by atoms with Gasteiger partial charge in [0.1, 0.15) is 5.82 Å². The van der Waals surface area contributed by atoms with Crippen LogP contribution >= 0.6 is 34.8 Å². The maximum absolute atomic E-state index is 6.16. The van der Waals surface area contributed by atoms with Crippen LogP contribution in [0.2, 0.25) is 15.3 Å². The van der Waals surface area contributed by atoms with E-state index in [0.717, 1.165) is 37.1 Å². The molecule has 1 aromatic heterocycles. The Bertz CT molecular complexity index is 609. The van der Waals surface area contributed by atoms with Crippen molar-refractivity contribution in [2.24, 2.45) is 0 Å². The summed E-state index contributed by atoms with van der Waals surface area (Å²) in [5.41, 5.74) is 0.656. The molecule has 6 heteroatoms. The van der Waals surface area contributed by atoms with Crippen molar-refractivity contribution >= 4 is 51.5 Å². The average molecular weight is 303 g/mol. The maximum atomic E-state index is 6.16. The van der Waals surface area contributed by atoms with Gasteiger partial charge in [0.25, 0.3) is 0 Å². The molecule has 3 rings (SSSR count). The van der Waals surface area contributed by atoms with E-state index in [9.17, 15) is 0 Å². The lowest BCUT2D eigenvalue weighted by atomic mass is 10.2. The van der Waals surface area contributed by atoms with Gasteiger partial charge in [0, 0.05) is 23.5 Å². The predicted octanol–water partition coefficient (Wildman–Crippen LogP) is 4.19. The largest absolute Gasteiger partial charge is 0.356 e. The molecule has 3 nitrogen and oxygen atoms in total. The van der Waals surface area contributed by atoms with E-state index in [-0.39, 0.29) is 5.28 Å². The molecule has 0 bridgehead atoms. The van der Waals surface area contributed by atoms with Crippen molar-refractivity contribution in [2.75, 3.05) is 18.0 Å². The molecular formula is C12H10Cl3N3. The number of aromatic nitrogens is 2. The second-order valence-corrected chi connectivity index (χ2v) is 5.48. The topological polar surface area (TPSA) is 29.0 Å². The third-order valence-corrected chi connectivity index (χ3v) is 3.75. The molecule has 0 amide bonds. The third kappa shape index (κ3) is 2.11. The standard InChI is InChI=1S/C12H10Cl3N3/c13-7-5-8-10(9(14)6-7)16-12(15)17-11(8)18-3-1-2-4-18/h5-6H,1-4H2. The van der Waals surface area contributed by atoms with Crippen LogP contribution in [0.25, 0.3) is 10.9 Å². The van der Waals surface area contributed by atoms with Crippen LogP contribution in [0, 0.1) is 0 Å². The summed E-state index contributed by atoms with van der Waals surface area (Å²) < 4.78 is 0. The molecule has 2 aromatic rings. The van der Waals surface area contributed by atoms with E-state index in [1.165, 1.54) is 0 Å². The number of hydrogen-bond donors (Lipinski definition) is 0. The van der Waals surface area contributed by atoms with Gasteiger partial charge < -0.3 is 4.90 Å². The molecule has 0 N–H and O–H groups in total. The fourth-order valence-electron chi connectivity index (χ4n) is 2.28. The molecule has 1 aliphatic heterocycles. The van der Waals surface area contributed by atoms with Crippen molar-refractivity contribution in [1.29, 1.82) is 0 Å². The highest BCUT2D eigenvalue weighted by atomic mass is 35.5. The van der Waals surface area contributed by atoms with Gasteiger partial charge in [-0.25, -0.2) is 4.98 Å². The minimum atomic E-state index is 0.216. The average Bonchev–Trinajstić information content (AvgIpc) is 2.83. The Hall–Kier alpha value is -0.770. The summed E-state index contributed by atoms with van der Waals surface area (Å²) in [7, 11) is 0. The summed E-state index contributed by atoms with van der Waals surface area (Å²) in [6.07, 6.45) is 2.33. The van der Waals surface area contributed by atoms with Gasteiger partial charge in [-0.05, 0) is 36.6 Å². The van der Waals surface area contributed by atoms with Gasteiger partial charge >= 0.3 is 0 Å². The zero-order valence-corrected chi connectivity index (χ0v) is 11.7. The summed E-state index contributed by atoms with van der Waals surface area (Å²) >= 11 is 18.2. The highest BCUT2D eigenvalue weighted by molar-refractivity contribution is 6.39. The number of hydrogen-bond acceptors (Lipinski definition) is 3. The fourth-order valence-corrected chi connectivity index (χ4v) is 2.99. The molecule has 2 heterocycles. The molecule has 0 aliphatic carbocycles. The summed E-state index contributed by atoms with van der Waals surface area (Å²) in [4.78, 5) is 10.7. The number of fused-ring (bicyclic) bond motifs is 1. The van der Waals surface area contributed by atoms with Crippen molar-refractivity contribution in [3.63, 3.8) is 0 Å². The zero-order valence-electron chi connectivity index (χ0n) is 9.46. The summed E-state index contributed by atoms with van der Waals surface area (Å²) in [6.45, 7) is 1.96. The summed E-state index contributed by atoms with van der Waals surface area (Å²) in [6, 6.07) is 3.51. The molecule has 18 heavy (non-hydrogen) atoms. The van der Waals surface area contributed by atoms with Gasteiger partial charge in [0.2, 0.25) is 5.28 Å². The van der Waals surface area contributed by atoms with Gasteiger partial charge in [-0.2, -0.15) is 4.98 Å². The number of anilines is 1. The van der Waals surface area contributed by atoms with E-state index in [0.29, 0.717) is 15.6 Å². The number of halogens is 3. The first kappa shape index (κ1) is 12.3. The van der Waals surface area contributed by atoms with Crippen LogP contribution in [-0.2, 0) is 0 Å². The molecule has 94 valence electrons. The predicted molar refractivity (Wildman–Crippen MR) is 76.0 cm³/mol. The Morgan fingerprint density at radius 3 is 2.44 bits per heavy atom. The van der Waals surface area contributed by atoms with Crippen LogP contribution in [-0.4, -0.2) is 23.1 Å². The highest BCUT2D eigenvalue weighted by Crippen LogP contribution is 2.34. The van der Waals surface area contributed by atoms with Gasteiger partial charge in [-0.15, -0.1) is 0 Å². The lowest BCUT2D eigenvalue weighted by Gasteiger charge is -2.18. The summed E-state index contributed by atoms with van der Waals surface area (Å²) in [5, 5.41) is 2.16. The lowest BCUT2D eigenvalue weighted by Crippen LogP contribution is -2.19. The zero-order chi connectivity index (χ0) is 12.7. The molecule has 0 radical (unpaired) electrons. The van der Waals surface area contributed by atoms with Crippen molar-refractivity contribution in [3.8, 4) is 0 Å². The second-order valence-electron chi connectivity index (χ2n) is 4.29. The lowest BCUT2D eigenvalue weighted by molar-refractivity contribution is 0.939. The van der Waals surface area contributed by atoms with Gasteiger partial charge in [-0.3, -0.25) is 0 Å². The highest BCUT2D eigenvalue weighted by Gasteiger charge is 2.19. The normalized spacial score (nSPS) is 15.6. The van der Waals surface area contributed by atoms with Crippen molar-refractivity contribution in [3.05, 3.63) is 27.5 Å². The monoisotopic (exact) mass is 301 g/mol. The van der Waals surface area contributed by atoms with E-state index < -0.39 is 0 Å². The van der Waals surface area contributed by atoms with Crippen molar-refractivity contribution in [2.45, 2.75) is 12.8 Å². The molecular weight excluding hydrogens is 293 g/mol. The maximum Gasteiger partial charge on any atom is 0.224 e. The fraction of sp³-hybridized carbons (Fsp3) is 0.333. The minimum Gasteiger partial charge on any atom is -0.356 e. The van der Waals surface area contributed by atoms with Crippen LogP contribution < -0.4 is 4.90 Å². The Labute approximate surface area is 120 Å². The van der Waals surface area contributed by atoms with E-state index >= 15 is 0 Å². The minimum absolute atomic E-state index is 0.216. The van der Waals surface area contributed by atoms with Gasteiger partial charge in [0.05, 0.1) is 10.5 Å². The van der Waals surface area contributed by atoms with Crippen LogP contribution in [0.3, 0.4) is 0 Å². The molecule has 1 aliphatic rings. The smallest absolute Gasteiger partial charge is 0.224 e. The van der Waals surface area contributed by atoms with E-state index in [2.05, 4.69) is 14.9 Å². The first-order chi connectivity index (χ1) is 8.65. The Morgan fingerprint density at radius 2 is 1.72 bits per heavy atom. The molecule has 1 fully saturated rings. The van der Waals surface area contributed by atoms with Gasteiger partial charge in [-0.1, -0.05) is 23.2 Å². The number of rotatable bonds is 1. The Morgan fingerprint density at radius 1 is 1.00 bits per heavy atom. The molecule has 0 saturated carbocycles. The van der Waals surface area contributed by atoms with Gasteiger partial charge in [0.15, 0.2) is 0 Å². The van der Waals surface area contributed by atoms with E-state index in [1.54, 1.807) is 6.07 Å². The van der Waals surface area contributed by atoms with E-state index in [4.69, 9.17) is 34.8 Å². The van der Waals surface area contributed by atoms with Crippen molar-refractivity contribution < 1.29 is 0 Å². The molecule has 0 spiro atoms. The number of nitrogens with zero attached hydrogens (tertiary/aromatic N) is 3. The van der Waals surface area contributed by atoms with Crippen LogP contribution in [0.1, 0.15) is 12.8 Å². The molecule has 0 atom stereocenters. The third-order valence-electron chi connectivity index (χ3n) is 3.08. The van der Waals surface area contributed by atoms with Crippen LogP contribution in [0.15, 0.2) is 12.1 Å². The Kier molecular flexibility index (Phi) is 3.22. The first-order valence-electron chi connectivity index (χ1n) is 5.72. The quantitative estimate of drug-likeness (QED) is 0.740. The Balaban J connectivity index is 2.28. The molecule has 1 aromatic carbocycles. The second kappa shape index (κ2) is 4.72. The SMILES string of the molecule is Clc1cc(Cl)c2nc(Cl)nc(N3CCCC3)c2c1. The number of benzene rings is 1. The van der Waals surface area contributed by atoms with Crippen molar-refractivity contribution in [1.82, 2.24) is 9.97 Å². The van der Waals surface area contributed by atoms with E-state index in [1.807, 2.05) is 6.07 Å².